The molecule has 1 aromatic carbocycles. The van der Waals surface area contributed by atoms with Crippen LogP contribution in [-0.4, -0.2) is 40.8 Å². The number of rotatable bonds is 6. The van der Waals surface area contributed by atoms with Crippen molar-refractivity contribution in [3.63, 3.8) is 0 Å². The molecule has 0 unspecified atom stereocenters. The molecule has 22 heavy (non-hydrogen) atoms. The highest BCUT2D eigenvalue weighted by Crippen LogP contribution is 2.21. The molecule has 0 bridgehead atoms. The minimum Gasteiger partial charge on any atom is -0.481 e. The fraction of sp³-hybridized carbons (Fsp3) is 0.471. The predicted octanol–water partition coefficient (Wildman–Crippen LogP) is 2.36. The number of hydrogen-bond acceptors (Lipinski definition) is 3. The van der Waals surface area contributed by atoms with Crippen LogP contribution >= 0.6 is 0 Å². The van der Waals surface area contributed by atoms with Gasteiger partial charge in [-0.2, -0.15) is 0 Å². The number of carboxylic acid groups (broad SMARTS) is 1. The van der Waals surface area contributed by atoms with Crippen molar-refractivity contribution in [2.75, 3.05) is 13.1 Å². The van der Waals surface area contributed by atoms with Gasteiger partial charge in [0.05, 0.1) is 0 Å². The van der Waals surface area contributed by atoms with E-state index in [1.165, 1.54) is 0 Å². The number of carbonyl (C=O) groups is 3. The fourth-order valence-corrected chi connectivity index (χ4v) is 2.78. The molecule has 1 N–H and O–H groups in total. The lowest BCUT2D eigenvalue weighted by molar-refractivity contribution is -0.138. The summed E-state index contributed by atoms with van der Waals surface area (Å²) in [7, 11) is 0. The van der Waals surface area contributed by atoms with Gasteiger partial charge in [-0.3, -0.25) is 14.4 Å². The second-order valence-corrected chi connectivity index (χ2v) is 5.71. The minimum atomic E-state index is -0.779. The zero-order valence-corrected chi connectivity index (χ0v) is 12.5. The van der Waals surface area contributed by atoms with Crippen molar-refractivity contribution in [2.45, 2.75) is 32.1 Å². The number of amides is 1. The molecule has 1 saturated heterocycles. The van der Waals surface area contributed by atoms with Crippen LogP contribution in [0.15, 0.2) is 30.3 Å². The number of carbonyl (C=O) groups excluding carboxylic acids is 2. The molecule has 1 aliphatic heterocycles. The summed E-state index contributed by atoms with van der Waals surface area (Å²) in [6.45, 7) is 1.19. The summed E-state index contributed by atoms with van der Waals surface area (Å²) in [5.74, 6) is -0.654. The number of benzene rings is 1. The molecule has 0 aliphatic carbocycles. The third kappa shape index (κ3) is 4.69. The first-order valence-electron chi connectivity index (χ1n) is 7.64. The molecular weight excluding hydrogens is 282 g/mol. The van der Waals surface area contributed by atoms with Gasteiger partial charge < -0.3 is 10.0 Å². The quantitative estimate of drug-likeness (QED) is 0.819. The summed E-state index contributed by atoms with van der Waals surface area (Å²) in [4.78, 5) is 36.5. The summed E-state index contributed by atoms with van der Waals surface area (Å²) in [5.41, 5.74) is 0.635. The summed E-state index contributed by atoms with van der Waals surface area (Å²) < 4.78 is 0. The van der Waals surface area contributed by atoms with Crippen LogP contribution in [0.3, 0.4) is 0 Å². The van der Waals surface area contributed by atoms with E-state index in [0.29, 0.717) is 18.7 Å². The van der Waals surface area contributed by atoms with Crippen LogP contribution < -0.4 is 0 Å². The first kappa shape index (κ1) is 16.2. The Hall–Kier alpha value is -2.17. The standard InChI is InChI=1S/C17H21NO4/c19-15(14-4-2-1-3-5-14)6-7-16(20)18-10-8-13(9-11-18)12-17(21)22/h1-5,13H,6-12H2,(H,21,22). The maximum Gasteiger partial charge on any atom is 0.303 e. The molecular formula is C17H21NO4. The Balaban J connectivity index is 1.74. The third-order valence-electron chi connectivity index (χ3n) is 4.09. The highest BCUT2D eigenvalue weighted by atomic mass is 16.4. The van der Waals surface area contributed by atoms with Crippen LogP contribution in [0.1, 0.15) is 42.5 Å². The van der Waals surface area contributed by atoms with E-state index in [-0.39, 0.29) is 36.9 Å². The first-order valence-corrected chi connectivity index (χ1v) is 7.64. The maximum absolute atomic E-state index is 12.1. The van der Waals surface area contributed by atoms with Crippen molar-refractivity contribution < 1.29 is 19.5 Å². The molecule has 5 nitrogen and oxygen atoms in total. The number of likely N-dealkylation sites (tertiary alicyclic amines) is 1. The molecule has 0 radical (unpaired) electrons. The minimum absolute atomic E-state index is 0.0157. The third-order valence-corrected chi connectivity index (χ3v) is 4.09. The second-order valence-electron chi connectivity index (χ2n) is 5.71. The Bertz CT molecular complexity index is 533. The Labute approximate surface area is 129 Å². The van der Waals surface area contributed by atoms with E-state index in [4.69, 9.17) is 5.11 Å². The normalized spacial score (nSPS) is 15.5. The number of aliphatic carboxylic acids is 1. The zero-order valence-electron chi connectivity index (χ0n) is 12.5. The lowest BCUT2D eigenvalue weighted by Gasteiger charge is -2.31. The lowest BCUT2D eigenvalue weighted by Crippen LogP contribution is -2.39. The van der Waals surface area contributed by atoms with Crippen LogP contribution in [0.5, 0.6) is 0 Å². The van der Waals surface area contributed by atoms with Gasteiger partial charge in [-0.1, -0.05) is 30.3 Å². The zero-order chi connectivity index (χ0) is 15.9. The van der Waals surface area contributed by atoms with Crippen LogP contribution in [-0.2, 0) is 9.59 Å². The second kappa shape index (κ2) is 7.73. The predicted molar refractivity (Wildman–Crippen MR) is 81.6 cm³/mol. The van der Waals surface area contributed by atoms with E-state index in [1.54, 1.807) is 17.0 Å². The van der Waals surface area contributed by atoms with Crippen LogP contribution in [0.2, 0.25) is 0 Å². The number of carboxylic acids is 1. The highest BCUT2D eigenvalue weighted by molar-refractivity contribution is 5.97. The van der Waals surface area contributed by atoms with Gasteiger partial charge in [-0.25, -0.2) is 0 Å². The molecule has 1 aliphatic rings. The number of ketones is 1. The van der Waals surface area contributed by atoms with Gasteiger partial charge >= 0.3 is 5.97 Å². The van der Waals surface area contributed by atoms with Gasteiger partial charge in [-0.15, -0.1) is 0 Å². The largest absolute Gasteiger partial charge is 0.481 e. The number of hydrogen-bond donors (Lipinski definition) is 1. The van der Waals surface area contributed by atoms with Crippen molar-refractivity contribution >= 4 is 17.7 Å². The molecule has 1 aromatic rings. The topological polar surface area (TPSA) is 74.7 Å². The fourth-order valence-electron chi connectivity index (χ4n) is 2.78. The van der Waals surface area contributed by atoms with Crippen molar-refractivity contribution in [2.24, 2.45) is 5.92 Å². The first-order chi connectivity index (χ1) is 10.6. The average molecular weight is 303 g/mol. The molecule has 118 valence electrons. The van der Waals surface area contributed by atoms with Crippen molar-refractivity contribution in [3.05, 3.63) is 35.9 Å². The van der Waals surface area contributed by atoms with Gasteiger partial charge in [0.1, 0.15) is 0 Å². The molecule has 5 heteroatoms. The van der Waals surface area contributed by atoms with Crippen molar-refractivity contribution in [1.82, 2.24) is 4.90 Å². The smallest absolute Gasteiger partial charge is 0.303 e. The molecule has 1 heterocycles. The maximum atomic E-state index is 12.1. The molecule has 1 fully saturated rings. The van der Waals surface area contributed by atoms with Gasteiger partial charge in [0.25, 0.3) is 0 Å². The highest BCUT2D eigenvalue weighted by Gasteiger charge is 2.24. The molecule has 0 atom stereocenters. The number of piperidine rings is 1. The molecule has 2 rings (SSSR count). The van der Waals surface area contributed by atoms with Crippen LogP contribution in [0.25, 0.3) is 0 Å². The molecule has 1 amide bonds. The SMILES string of the molecule is O=C(O)CC1CCN(C(=O)CCC(=O)c2ccccc2)CC1. The average Bonchev–Trinajstić information content (AvgIpc) is 2.53. The summed E-state index contributed by atoms with van der Waals surface area (Å²) in [5, 5.41) is 8.78. The number of Topliss-reactive ketones (excluding diaryl/α,β-unsaturated/α-hetero) is 1. The van der Waals surface area contributed by atoms with Crippen LogP contribution in [0, 0.1) is 5.92 Å². The van der Waals surface area contributed by atoms with Crippen molar-refractivity contribution in [1.29, 1.82) is 0 Å². The number of nitrogens with zero attached hydrogens (tertiary/aromatic N) is 1. The molecule has 0 aromatic heterocycles. The summed E-state index contributed by atoms with van der Waals surface area (Å²) in [6, 6.07) is 8.97. The van der Waals surface area contributed by atoms with E-state index in [0.717, 1.165) is 12.8 Å². The Morgan fingerprint density at radius 1 is 1.05 bits per heavy atom. The van der Waals surface area contributed by atoms with Crippen molar-refractivity contribution in [3.8, 4) is 0 Å². The lowest BCUT2D eigenvalue weighted by atomic mass is 9.93. The monoisotopic (exact) mass is 303 g/mol. The summed E-state index contributed by atoms with van der Waals surface area (Å²) in [6.07, 6.45) is 2.07. The van der Waals surface area contributed by atoms with Gasteiger partial charge in [0, 0.05) is 37.9 Å². The van der Waals surface area contributed by atoms with Gasteiger partial charge in [-0.05, 0) is 18.8 Å². The molecule has 0 spiro atoms. The summed E-state index contributed by atoms with van der Waals surface area (Å²) >= 11 is 0. The van der Waals surface area contributed by atoms with E-state index < -0.39 is 5.97 Å². The Morgan fingerprint density at radius 2 is 1.68 bits per heavy atom. The van der Waals surface area contributed by atoms with Gasteiger partial charge in [0.15, 0.2) is 5.78 Å². The van der Waals surface area contributed by atoms with Crippen LogP contribution in [0.4, 0.5) is 0 Å². The van der Waals surface area contributed by atoms with E-state index in [1.807, 2.05) is 18.2 Å². The molecule has 0 saturated carbocycles. The Morgan fingerprint density at radius 3 is 2.27 bits per heavy atom. The van der Waals surface area contributed by atoms with E-state index in [9.17, 15) is 14.4 Å². The Kier molecular flexibility index (Phi) is 5.69. The van der Waals surface area contributed by atoms with Gasteiger partial charge in [0.2, 0.25) is 5.91 Å². The van der Waals surface area contributed by atoms with E-state index in [2.05, 4.69) is 0 Å². The van der Waals surface area contributed by atoms with E-state index >= 15 is 0 Å².